The van der Waals surface area contributed by atoms with E-state index in [1.165, 1.54) is 12.0 Å². The van der Waals surface area contributed by atoms with Crippen molar-refractivity contribution in [1.82, 2.24) is 4.90 Å². The molecular weight excluding hydrogens is 338 g/mol. The Morgan fingerprint density at radius 3 is 2.50 bits per heavy atom. The topological polar surface area (TPSA) is 85.3 Å². The fourth-order valence-electron chi connectivity index (χ4n) is 3.01. The minimum absolute atomic E-state index is 0.0152. The van der Waals surface area contributed by atoms with Crippen molar-refractivity contribution in [3.8, 4) is 0 Å². The third kappa shape index (κ3) is 4.74. The fourth-order valence-corrected chi connectivity index (χ4v) is 3.01. The lowest BCUT2D eigenvalue weighted by atomic mass is 9.96. The van der Waals surface area contributed by atoms with Crippen LogP contribution in [0, 0.1) is 0 Å². The lowest BCUT2D eigenvalue weighted by Crippen LogP contribution is -2.57. The van der Waals surface area contributed by atoms with Crippen molar-refractivity contribution in [2.75, 3.05) is 20.3 Å². The second-order valence-corrected chi connectivity index (χ2v) is 7.45. The highest BCUT2D eigenvalue weighted by Crippen LogP contribution is 2.33. The Kier molecular flexibility index (Phi) is 6.26. The van der Waals surface area contributed by atoms with E-state index in [1.807, 2.05) is 30.3 Å². The molecule has 2 rings (SSSR count). The van der Waals surface area contributed by atoms with Crippen LogP contribution in [0.2, 0.25) is 0 Å². The number of methoxy groups -OCH3 is 1. The van der Waals surface area contributed by atoms with Gasteiger partial charge in [0, 0.05) is 6.42 Å². The normalized spacial score (nSPS) is 23.0. The molecule has 1 aliphatic heterocycles. The minimum Gasteiger partial charge on any atom is -0.467 e. The highest BCUT2D eigenvalue weighted by molar-refractivity contribution is 5.87. The van der Waals surface area contributed by atoms with Crippen LogP contribution in [-0.2, 0) is 25.6 Å². The molecule has 1 amide bonds. The standard InChI is InChI=1S/C19H27NO6/c1-18(2,3)26-17(23)20-11-15(21)10-19(20,16(22)24-4)13-25-12-14-8-6-5-7-9-14/h5-9,15,21H,10-13H2,1-4H3/t15-,19?/m1/s1. The predicted molar refractivity (Wildman–Crippen MR) is 94.4 cm³/mol. The van der Waals surface area contributed by atoms with E-state index in [0.717, 1.165) is 5.56 Å². The smallest absolute Gasteiger partial charge is 0.411 e. The monoisotopic (exact) mass is 365 g/mol. The van der Waals surface area contributed by atoms with Gasteiger partial charge in [-0.15, -0.1) is 0 Å². The number of aliphatic hydroxyl groups is 1. The molecule has 0 spiro atoms. The first kappa shape index (κ1) is 20.2. The molecule has 1 aromatic rings. The van der Waals surface area contributed by atoms with Gasteiger partial charge in [-0.1, -0.05) is 30.3 Å². The van der Waals surface area contributed by atoms with E-state index in [2.05, 4.69) is 0 Å². The van der Waals surface area contributed by atoms with Crippen molar-refractivity contribution in [2.45, 2.75) is 51.0 Å². The summed E-state index contributed by atoms with van der Waals surface area (Å²) in [5, 5.41) is 10.1. The molecule has 2 atom stereocenters. The van der Waals surface area contributed by atoms with Crippen LogP contribution < -0.4 is 0 Å². The van der Waals surface area contributed by atoms with Crippen LogP contribution in [0.15, 0.2) is 30.3 Å². The van der Waals surface area contributed by atoms with Gasteiger partial charge in [0.15, 0.2) is 5.54 Å². The molecule has 0 radical (unpaired) electrons. The Morgan fingerprint density at radius 2 is 1.92 bits per heavy atom. The summed E-state index contributed by atoms with van der Waals surface area (Å²) in [5.41, 5.74) is -1.20. The lowest BCUT2D eigenvalue weighted by molar-refractivity contribution is -0.157. The molecule has 1 fully saturated rings. The number of β-amino-alcohol motifs (C(OH)–C–C–N with tert-alkyl or cyclic N) is 1. The first-order valence-electron chi connectivity index (χ1n) is 8.57. The zero-order chi connectivity index (χ0) is 19.4. The number of carbonyl (C=O) groups is 2. The molecule has 1 heterocycles. The van der Waals surface area contributed by atoms with E-state index in [9.17, 15) is 14.7 Å². The number of ether oxygens (including phenoxy) is 3. The molecule has 7 heteroatoms. The highest BCUT2D eigenvalue weighted by Gasteiger charge is 2.55. The quantitative estimate of drug-likeness (QED) is 0.805. The van der Waals surface area contributed by atoms with E-state index in [-0.39, 0.29) is 26.2 Å². The van der Waals surface area contributed by atoms with E-state index in [4.69, 9.17) is 14.2 Å². The van der Waals surface area contributed by atoms with Crippen molar-refractivity contribution in [3.05, 3.63) is 35.9 Å². The van der Waals surface area contributed by atoms with Crippen LogP contribution in [-0.4, -0.2) is 59.6 Å². The number of benzene rings is 1. The molecule has 1 N–H and O–H groups in total. The number of carbonyl (C=O) groups excluding carboxylic acids is 2. The fraction of sp³-hybridized carbons (Fsp3) is 0.579. The van der Waals surface area contributed by atoms with Crippen LogP contribution in [0.3, 0.4) is 0 Å². The Bertz CT molecular complexity index is 627. The van der Waals surface area contributed by atoms with Gasteiger partial charge in [0.1, 0.15) is 5.60 Å². The van der Waals surface area contributed by atoms with Gasteiger partial charge in [-0.25, -0.2) is 9.59 Å². The number of aliphatic hydroxyl groups excluding tert-OH is 1. The SMILES string of the molecule is COC(=O)C1(COCc2ccccc2)C[C@@H](O)CN1C(=O)OC(C)(C)C. The molecule has 1 aromatic carbocycles. The van der Waals surface area contributed by atoms with Crippen molar-refractivity contribution >= 4 is 12.1 Å². The van der Waals surface area contributed by atoms with Gasteiger partial charge in [0.25, 0.3) is 0 Å². The molecular formula is C19H27NO6. The summed E-state index contributed by atoms with van der Waals surface area (Å²) in [6.07, 6.45) is -1.50. The number of rotatable bonds is 5. The van der Waals surface area contributed by atoms with Crippen LogP contribution in [0.4, 0.5) is 4.79 Å². The maximum absolute atomic E-state index is 12.6. The summed E-state index contributed by atoms with van der Waals surface area (Å²) in [4.78, 5) is 26.4. The highest BCUT2D eigenvalue weighted by atomic mass is 16.6. The molecule has 1 saturated heterocycles. The second kappa shape index (κ2) is 8.05. The van der Waals surface area contributed by atoms with Gasteiger partial charge in [-0.3, -0.25) is 4.90 Å². The zero-order valence-corrected chi connectivity index (χ0v) is 15.7. The number of nitrogens with zero attached hydrogens (tertiary/aromatic N) is 1. The van der Waals surface area contributed by atoms with Gasteiger partial charge < -0.3 is 19.3 Å². The molecule has 0 bridgehead atoms. The number of likely N-dealkylation sites (tertiary alicyclic amines) is 1. The molecule has 1 aliphatic rings. The summed E-state index contributed by atoms with van der Waals surface area (Å²) >= 11 is 0. The van der Waals surface area contributed by atoms with E-state index in [1.54, 1.807) is 20.8 Å². The summed E-state index contributed by atoms with van der Waals surface area (Å²) < 4.78 is 16.0. The molecule has 0 aliphatic carbocycles. The Labute approximate surface area is 153 Å². The van der Waals surface area contributed by atoms with E-state index in [0.29, 0.717) is 0 Å². The van der Waals surface area contributed by atoms with Crippen LogP contribution in [0.5, 0.6) is 0 Å². The summed E-state index contributed by atoms with van der Waals surface area (Å²) in [5.74, 6) is -0.632. The molecule has 1 unspecified atom stereocenters. The molecule has 0 saturated carbocycles. The molecule has 26 heavy (non-hydrogen) atoms. The third-order valence-electron chi connectivity index (χ3n) is 4.11. The van der Waals surface area contributed by atoms with Gasteiger partial charge in [-0.05, 0) is 26.3 Å². The van der Waals surface area contributed by atoms with Crippen molar-refractivity contribution in [3.63, 3.8) is 0 Å². The summed E-state index contributed by atoms with van der Waals surface area (Å²) in [6.45, 7) is 5.39. The van der Waals surface area contributed by atoms with E-state index < -0.39 is 29.3 Å². The van der Waals surface area contributed by atoms with Gasteiger partial charge in [-0.2, -0.15) is 0 Å². The van der Waals surface area contributed by atoms with Gasteiger partial charge in [0.2, 0.25) is 0 Å². The number of hydrogen-bond donors (Lipinski definition) is 1. The van der Waals surface area contributed by atoms with Gasteiger partial charge in [0.05, 0.1) is 33.0 Å². The lowest BCUT2D eigenvalue weighted by Gasteiger charge is -2.36. The molecule has 144 valence electrons. The first-order chi connectivity index (χ1) is 12.2. The molecule has 0 aromatic heterocycles. The third-order valence-corrected chi connectivity index (χ3v) is 4.11. The Balaban J connectivity index is 2.18. The van der Waals surface area contributed by atoms with Crippen LogP contribution in [0.1, 0.15) is 32.8 Å². The number of amides is 1. The molecule has 7 nitrogen and oxygen atoms in total. The maximum Gasteiger partial charge on any atom is 0.411 e. The van der Waals surface area contributed by atoms with Crippen molar-refractivity contribution in [2.24, 2.45) is 0 Å². The maximum atomic E-state index is 12.6. The zero-order valence-electron chi connectivity index (χ0n) is 15.7. The van der Waals surface area contributed by atoms with Crippen LogP contribution in [0.25, 0.3) is 0 Å². The number of esters is 1. The summed E-state index contributed by atoms with van der Waals surface area (Å²) in [6, 6.07) is 9.49. The number of hydrogen-bond acceptors (Lipinski definition) is 6. The van der Waals surface area contributed by atoms with Crippen molar-refractivity contribution in [1.29, 1.82) is 0 Å². The second-order valence-electron chi connectivity index (χ2n) is 7.45. The first-order valence-corrected chi connectivity index (χ1v) is 8.57. The van der Waals surface area contributed by atoms with E-state index >= 15 is 0 Å². The van der Waals surface area contributed by atoms with Gasteiger partial charge >= 0.3 is 12.1 Å². The average Bonchev–Trinajstić information content (AvgIpc) is 2.91. The Morgan fingerprint density at radius 1 is 1.27 bits per heavy atom. The van der Waals surface area contributed by atoms with Crippen LogP contribution >= 0.6 is 0 Å². The minimum atomic E-state index is -1.41. The Hall–Kier alpha value is -2.12. The predicted octanol–water partition coefficient (Wildman–Crippen LogP) is 2.12. The van der Waals surface area contributed by atoms with Crippen molar-refractivity contribution < 1.29 is 28.9 Å². The summed E-state index contributed by atoms with van der Waals surface area (Å²) in [7, 11) is 1.25. The average molecular weight is 365 g/mol. The largest absolute Gasteiger partial charge is 0.467 e.